The molecular formula is C52H112N2S. The van der Waals surface area contributed by atoms with E-state index in [1.807, 2.05) is 0 Å². The molecule has 0 amide bonds. The number of unbranched alkanes of at least 4 members (excludes halogenated alkanes) is 36. The second kappa shape index (κ2) is 48.6. The predicted molar refractivity (Wildman–Crippen MR) is 258 cm³/mol. The number of quaternary nitrogens is 2. The first-order valence-electron chi connectivity index (χ1n) is 25.9. The molecule has 0 aliphatic carbocycles. The molecule has 0 aromatic carbocycles. The molecule has 0 aromatic heterocycles. The van der Waals surface area contributed by atoms with Gasteiger partial charge in [-0.2, -0.15) is 0 Å². The number of nitrogens with zero attached hydrogens (tertiary/aromatic N) is 2. The molecule has 0 radical (unpaired) electrons. The lowest BCUT2D eigenvalue weighted by molar-refractivity contribution is -0.890. The van der Waals surface area contributed by atoms with Gasteiger partial charge in [0.2, 0.25) is 0 Å². The highest BCUT2D eigenvalue weighted by Gasteiger charge is 2.14. The lowest BCUT2D eigenvalue weighted by Gasteiger charge is -2.30. The topological polar surface area (TPSA) is 0 Å². The van der Waals surface area contributed by atoms with Gasteiger partial charge in [0, 0.05) is 0 Å². The van der Waals surface area contributed by atoms with Crippen LogP contribution < -0.4 is 0 Å². The van der Waals surface area contributed by atoms with E-state index < -0.39 is 0 Å². The summed E-state index contributed by atoms with van der Waals surface area (Å²) < 4.78 is 2.49. The molecule has 0 aliphatic rings. The lowest BCUT2D eigenvalue weighted by atomic mass is 10.1. The number of hydrogen-bond acceptors (Lipinski definition) is 0. The van der Waals surface area contributed by atoms with Gasteiger partial charge in [-0.05, 0) is 51.4 Å². The SMILES string of the molecule is CCCCCCCCCCCC[N+](C)(C)CCCCCCCCCCCC.CCCCCCCCCCCC[N+](C)(C)CCCCCCCCCCCC.[S-2]. The van der Waals surface area contributed by atoms with Gasteiger partial charge in [0.05, 0.1) is 54.4 Å². The van der Waals surface area contributed by atoms with Gasteiger partial charge in [0.15, 0.2) is 0 Å². The molecule has 2 nitrogen and oxygen atoms in total. The van der Waals surface area contributed by atoms with Gasteiger partial charge in [-0.25, -0.2) is 0 Å². The quantitative estimate of drug-likeness (QED) is 0.0426. The third-order valence-corrected chi connectivity index (χ3v) is 12.5. The summed E-state index contributed by atoms with van der Waals surface area (Å²) in [5, 5.41) is 0. The maximum atomic E-state index is 2.45. The highest BCUT2D eigenvalue weighted by molar-refractivity contribution is 7.37. The van der Waals surface area contributed by atoms with Crippen molar-refractivity contribution in [2.75, 3.05) is 54.4 Å². The van der Waals surface area contributed by atoms with Crippen LogP contribution in [0.15, 0.2) is 0 Å². The van der Waals surface area contributed by atoms with E-state index in [0.29, 0.717) is 0 Å². The molecular weight excluding hydrogens is 685 g/mol. The average Bonchev–Trinajstić information content (AvgIpc) is 3.15. The summed E-state index contributed by atoms with van der Waals surface area (Å²) in [5.41, 5.74) is 0. The fraction of sp³-hybridized carbons (Fsp3) is 1.00. The van der Waals surface area contributed by atoms with Crippen molar-refractivity contribution in [1.29, 1.82) is 0 Å². The van der Waals surface area contributed by atoms with Gasteiger partial charge < -0.3 is 22.5 Å². The molecule has 55 heavy (non-hydrogen) atoms. The molecule has 0 aromatic rings. The molecule has 0 spiro atoms. The van der Waals surface area contributed by atoms with E-state index >= 15 is 0 Å². The third-order valence-electron chi connectivity index (χ3n) is 12.5. The Morgan fingerprint density at radius 2 is 0.291 bits per heavy atom. The van der Waals surface area contributed by atoms with E-state index in [0.717, 1.165) is 0 Å². The molecule has 336 valence electrons. The van der Waals surface area contributed by atoms with Crippen molar-refractivity contribution in [3.63, 3.8) is 0 Å². The van der Waals surface area contributed by atoms with Crippen LogP contribution in [0.3, 0.4) is 0 Å². The summed E-state index contributed by atoms with van der Waals surface area (Å²) in [4.78, 5) is 0. The fourth-order valence-electron chi connectivity index (χ4n) is 8.33. The first-order valence-corrected chi connectivity index (χ1v) is 25.9. The molecule has 0 heterocycles. The predicted octanol–water partition coefficient (Wildman–Crippen LogP) is 17.8. The molecule has 0 aliphatic heterocycles. The Hall–Kier alpha value is 0.270. The molecule has 0 N–H and O–H groups in total. The summed E-state index contributed by atoms with van der Waals surface area (Å²) in [6.07, 6.45) is 58.0. The Balaban J connectivity index is -0.000000966. The van der Waals surface area contributed by atoms with Crippen molar-refractivity contribution in [2.45, 2.75) is 285 Å². The summed E-state index contributed by atoms with van der Waals surface area (Å²) in [5.74, 6) is 0. The maximum Gasteiger partial charge on any atom is 0.0782 e. The van der Waals surface area contributed by atoms with Crippen molar-refractivity contribution < 1.29 is 8.97 Å². The summed E-state index contributed by atoms with van der Waals surface area (Å²) in [7, 11) is 9.78. The largest absolute Gasteiger partial charge is 2.00 e. The molecule has 0 fully saturated rings. The van der Waals surface area contributed by atoms with E-state index in [1.165, 1.54) is 292 Å². The minimum atomic E-state index is 0. The van der Waals surface area contributed by atoms with E-state index in [2.05, 4.69) is 55.9 Å². The fourth-order valence-corrected chi connectivity index (χ4v) is 8.33. The highest BCUT2D eigenvalue weighted by Crippen LogP contribution is 2.16. The van der Waals surface area contributed by atoms with Gasteiger partial charge in [0.25, 0.3) is 0 Å². The van der Waals surface area contributed by atoms with Crippen LogP contribution in [0.2, 0.25) is 0 Å². The van der Waals surface area contributed by atoms with Gasteiger partial charge >= 0.3 is 0 Å². The zero-order valence-corrected chi connectivity index (χ0v) is 41.2. The average molecular weight is 798 g/mol. The third kappa shape index (κ3) is 54.3. The van der Waals surface area contributed by atoms with Crippen molar-refractivity contribution in [1.82, 2.24) is 0 Å². The normalized spacial score (nSPS) is 11.8. The lowest BCUT2D eigenvalue weighted by Crippen LogP contribution is -2.41. The Morgan fingerprint density at radius 3 is 0.418 bits per heavy atom. The van der Waals surface area contributed by atoms with Crippen LogP contribution in [0, 0.1) is 0 Å². The standard InChI is InChI=1S/2C26H56N.S/c2*1-5-7-9-11-13-15-17-19-21-23-25-27(3,4)26-24-22-20-18-16-14-12-10-8-6-2;/h2*5-26H2,1-4H3;/q2*+1;-2. The molecule has 0 unspecified atom stereocenters. The van der Waals surface area contributed by atoms with Crippen LogP contribution in [0.4, 0.5) is 0 Å². The molecule has 0 saturated carbocycles. The van der Waals surface area contributed by atoms with Crippen LogP contribution in [-0.4, -0.2) is 63.3 Å². The summed E-state index contributed by atoms with van der Waals surface area (Å²) >= 11 is 0. The first kappa shape index (κ1) is 59.6. The smallest absolute Gasteiger partial charge is 0.0782 e. The van der Waals surface area contributed by atoms with E-state index in [4.69, 9.17) is 0 Å². The molecule has 0 atom stereocenters. The first-order chi connectivity index (χ1) is 26.2. The van der Waals surface area contributed by atoms with Crippen LogP contribution in [0.25, 0.3) is 0 Å². The summed E-state index contributed by atoms with van der Waals surface area (Å²) in [6, 6.07) is 0. The van der Waals surface area contributed by atoms with E-state index in [1.54, 1.807) is 0 Å². The number of hydrogen-bond donors (Lipinski definition) is 0. The maximum absolute atomic E-state index is 2.45. The second-order valence-corrected chi connectivity index (χ2v) is 19.5. The Kier molecular flexibility index (Phi) is 52.7. The second-order valence-electron chi connectivity index (χ2n) is 19.5. The van der Waals surface area contributed by atoms with Gasteiger partial charge in [-0.3, -0.25) is 0 Å². The minimum Gasteiger partial charge on any atom is -2.00 e. The van der Waals surface area contributed by atoms with Crippen LogP contribution in [0.5, 0.6) is 0 Å². The van der Waals surface area contributed by atoms with Crippen molar-refractivity contribution in [2.24, 2.45) is 0 Å². The van der Waals surface area contributed by atoms with Gasteiger partial charge in [-0.15, -0.1) is 0 Å². The van der Waals surface area contributed by atoms with Crippen LogP contribution in [-0.2, 0) is 13.5 Å². The van der Waals surface area contributed by atoms with E-state index in [-0.39, 0.29) is 13.5 Å². The van der Waals surface area contributed by atoms with Crippen LogP contribution in [0.1, 0.15) is 285 Å². The monoisotopic (exact) mass is 797 g/mol. The van der Waals surface area contributed by atoms with Crippen molar-refractivity contribution in [3.05, 3.63) is 0 Å². The molecule has 3 heteroatoms. The Bertz CT molecular complexity index is 554. The minimum absolute atomic E-state index is 0. The number of rotatable bonds is 44. The highest BCUT2D eigenvalue weighted by atomic mass is 32.1. The molecule has 0 bridgehead atoms. The zero-order chi connectivity index (χ0) is 40.1. The Labute approximate surface area is 359 Å². The van der Waals surface area contributed by atoms with E-state index in [9.17, 15) is 0 Å². The molecule has 0 rings (SSSR count). The van der Waals surface area contributed by atoms with Gasteiger partial charge in [-0.1, -0.05) is 233 Å². The van der Waals surface area contributed by atoms with Crippen molar-refractivity contribution in [3.8, 4) is 0 Å². The summed E-state index contributed by atoms with van der Waals surface area (Å²) in [6.45, 7) is 14.7. The zero-order valence-electron chi connectivity index (χ0n) is 40.4. The Morgan fingerprint density at radius 1 is 0.182 bits per heavy atom. The van der Waals surface area contributed by atoms with Crippen molar-refractivity contribution >= 4 is 13.5 Å². The van der Waals surface area contributed by atoms with Crippen LogP contribution >= 0.6 is 0 Å². The van der Waals surface area contributed by atoms with Gasteiger partial charge in [0.1, 0.15) is 0 Å². The molecule has 0 saturated heterocycles.